The van der Waals surface area contributed by atoms with Crippen LogP contribution in [0, 0.1) is 6.92 Å². The molecule has 4 heteroatoms. The highest BCUT2D eigenvalue weighted by atomic mass is 79.9. The normalized spacial score (nSPS) is 10.9. The van der Waals surface area contributed by atoms with Crippen LogP contribution in [0.15, 0.2) is 22.7 Å². The molecular formula is C10H6BrCl2N. The Morgan fingerprint density at radius 1 is 1.21 bits per heavy atom. The fourth-order valence-electron chi connectivity index (χ4n) is 1.34. The Morgan fingerprint density at radius 3 is 2.57 bits per heavy atom. The van der Waals surface area contributed by atoms with Crippen LogP contribution in [0.1, 0.15) is 5.69 Å². The zero-order valence-electron chi connectivity index (χ0n) is 7.31. The molecule has 0 bridgehead atoms. The Hall–Kier alpha value is -0.310. The Balaban J connectivity index is 3.00. The van der Waals surface area contributed by atoms with Crippen LogP contribution in [0.4, 0.5) is 0 Å². The van der Waals surface area contributed by atoms with Crippen molar-refractivity contribution in [2.24, 2.45) is 0 Å². The predicted molar refractivity (Wildman–Crippen MR) is 64.2 cm³/mol. The highest BCUT2D eigenvalue weighted by Crippen LogP contribution is 2.33. The maximum absolute atomic E-state index is 6.06. The summed E-state index contributed by atoms with van der Waals surface area (Å²) in [5.41, 5.74) is 1.65. The van der Waals surface area contributed by atoms with Gasteiger partial charge in [0.25, 0.3) is 0 Å². The van der Waals surface area contributed by atoms with Gasteiger partial charge in [0.15, 0.2) is 0 Å². The van der Waals surface area contributed by atoms with Gasteiger partial charge in [0, 0.05) is 15.6 Å². The molecule has 0 N–H and O–H groups in total. The number of rotatable bonds is 0. The lowest BCUT2D eigenvalue weighted by Gasteiger charge is -2.05. The van der Waals surface area contributed by atoms with E-state index >= 15 is 0 Å². The van der Waals surface area contributed by atoms with E-state index in [4.69, 9.17) is 23.2 Å². The molecule has 0 saturated carbocycles. The minimum absolute atomic E-state index is 0.619. The van der Waals surface area contributed by atoms with Crippen molar-refractivity contribution in [3.05, 3.63) is 38.4 Å². The number of aromatic nitrogens is 1. The van der Waals surface area contributed by atoms with Crippen molar-refractivity contribution in [1.29, 1.82) is 0 Å². The molecule has 0 spiro atoms. The van der Waals surface area contributed by atoms with Crippen molar-refractivity contribution < 1.29 is 0 Å². The van der Waals surface area contributed by atoms with Gasteiger partial charge in [-0.3, -0.25) is 4.98 Å². The Morgan fingerprint density at radius 2 is 1.86 bits per heavy atom. The Kier molecular flexibility index (Phi) is 2.69. The fraction of sp³-hybridized carbons (Fsp3) is 0.100. The quantitative estimate of drug-likeness (QED) is 0.690. The molecule has 0 amide bonds. The van der Waals surface area contributed by atoms with Crippen LogP contribution in [0.25, 0.3) is 10.9 Å². The van der Waals surface area contributed by atoms with E-state index in [1.165, 1.54) is 0 Å². The molecule has 0 unspecified atom stereocenters. The van der Waals surface area contributed by atoms with Crippen LogP contribution in [0.5, 0.6) is 0 Å². The van der Waals surface area contributed by atoms with Crippen LogP contribution in [-0.4, -0.2) is 4.98 Å². The molecule has 72 valence electrons. The second-order valence-electron chi connectivity index (χ2n) is 3.00. The third-order valence-corrected chi connectivity index (χ3v) is 3.19. The van der Waals surface area contributed by atoms with Crippen molar-refractivity contribution in [3.8, 4) is 0 Å². The van der Waals surface area contributed by atoms with Crippen LogP contribution >= 0.6 is 39.1 Å². The van der Waals surface area contributed by atoms with Gasteiger partial charge < -0.3 is 0 Å². The number of nitrogens with zero attached hydrogens (tertiary/aromatic N) is 1. The maximum atomic E-state index is 6.06. The van der Waals surface area contributed by atoms with Crippen molar-refractivity contribution >= 4 is 50.0 Å². The standard InChI is InChI=1S/C10H6BrCl2N/c1-5-4-6(11)9-7(12)2-3-8(13)10(9)14-5/h2-4H,1H3. The topological polar surface area (TPSA) is 12.9 Å². The predicted octanol–water partition coefficient (Wildman–Crippen LogP) is 4.61. The number of hydrogen-bond acceptors (Lipinski definition) is 1. The van der Waals surface area contributed by atoms with E-state index in [1.807, 2.05) is 13.0 Å². The number of hydrogen-bond donors (Lipinski definition) is 0. The van der Waals surface area contributed by atoms with E-state index in [0.29, 0.717) is 10.0 Å². The second-order valence-corrected chi connectivity index (χ2v) is 4.67. The summed E-state index contributed by atoms with van der Waals surface area (Å²) in [6.45, 7) is 1.92. The molecule has 1 aromatic heterocycles. The zero-order chi connectivity index (χ0) is 10.3. The molecule has 1 heterocycles. The fourth-order valence-corrected chi connectivity index (χ4v) is 2.64. The molecule has 1 nitrogen and oxygen atoms in total. The highest BCUT2D eigenvalue weighted by molar-refractivity contribution is 9.10. The van der Waals surface area contributed by atoms with Gasteiger partial charge in [-0.05, 0) is 41.1 Å². The molecule has 0 aliphatic heterocycles. The number of aryl methyl sites for hydroxylation is 1. The highest BCUT2D eigenvalue weighted by Gasteiger charge is 2.08. The first-order valence-corrected chi connectivity index (χ1v) is 5.55. The van der Waals surface area contributed by atoms with E-state index in [0.717, 1.165) is 21.1 Å². The average Bonchev–Trinajstić information content (AvgIpc) is 2.10. The number of fused-ring (bicyclic) bond motifs is 1. The molecule has 0 atom stereocenters. The first-order valence-electron chi connectivity index (χ1n) is 4.00. The van der Waals surface area contributed by atoms with E-state index < -0.39 is 0 Å². The van der Waals surface area contributed by atoms with E-state index in [1.54, 1.807) is 12.1 Å². The average molecular weight is 291 g/mol. The van der Waals surface area contributed by atoms with Crippen molar-refractivity contribution in [1.82, 2.24) is 4.98 Å². The smallest absolute Gasteiger partial charge is 0.0917 e. The maximum Gasteiger partial charge on any atom is 0.0917 e. The molecule has 2 rings (SSSR count). The Labute approximate surface area is 100 Å². The second kappa shape index (κ2) is 3.69. The first-order chi connectivity index (χ1) is 6.59. The first kappa shape index (κ1) is 10.2. The van der Waals surface area contributed by atoms with E-state index in [2.05, 4.69) is 20.9 Å². The lowest BCUT2D eigenvalue weighted by molar-refractivity contribution is 1.25. The molecule has 0 aliphatic rings. The van der Waals surface area contributed by atoms with Crippen LogP contribution in [0.2, 0.25) is 10.0 Å². The third-order valence-electron chi connectivity index (χ3n) is 1.94. The lowest BCUT2D eigenvalue weighted by Crippen LogP contribution is -1.86. The summed E-state index contributed by atoms with van der Waals surface area (Å²) in [7, 11) is 0. The van der Waals surface area contributed by atoms with Gasteiger partial charge in [0.05, 0.1) is 15.6 Å². The van der Waals surface area contributed by atoms with Crippen molar-refractivity contribution in [2.45, 2.75) is 6.92 Å². The summed E-state index contributed by atoms with van der Waals surface area (Å²) in [6.07, 6.45) is 0. The van der Waals surface area contributed by atoms with Gasteiger partial charge in [-0.15, -0.1) is 0 Å². The summed E-state index contributed by atoms with van der Waals surface area (Å²) in [6, 6.07) is 5.45. The monoisotopic (exact) mass is 289 g/mol. The molecule has 0 radical (unpaired) electrons. The molecule has 14 heavy (non-hydrogen) atoms. The molecule has 1 aromatic carbocycles. The summed E-state index contributed by atoms with van der Waals surface area (Å²) in [5, 5.41) is 2.14. The molecular weight excluding hydrogens is 285 g/mol. The van der Waals surface area contributed by atoms with Crippen LogP contribution < -0.4 is 0 Å². The van der Waals surface area contributed by atoms with Gasteiger partial charge in [0.2, 0.25) is 0 Å². The molecule has 2 aromatic rings. The van der Waals surface area contributed by atoms with Gasteiger partial charge in [0.1, 0.15) is 0 Å². The molecule has 0 aliphatic carbocycles. The lowest BCUT2D eigenvalue weighted by atomic mass is 10.2. The van der Waals surface area contributed by atoms with Gasteiger partial charge in [-0.2, -0.15) is 0 Å². The summed E-state index contributed by atoms with van der Waals surface area (Å²) < 4.78 is 0.924. The minimum atomic E-state index is 0.619. The summed E-state index contributed by atoms with van der Waals surface area (Å²) in [4.78, 5) is 4.35. The van der Waals surface area contributed by atoms with E-state index in [9.17, 15) is 0 Å². The molecule has 0 saturated heterocycles. The number of halogens is 3. The van der Waals surface area contributed by atoms with Gasteiger partial charge >= 0.3 is 0 Å². The summed E-state index contributed by atoms with van der Waals surface area (Å²) >= 11 is 15.5. The van der Waals surface area contributed by atoms with Crippen LogP contribution in [0.3, 0.4) is 0 Å². The van der Waals surface area contributed by atoms with Crippen molar-refractivity contribution in [3.63, 3.8) is 0 Å². The van der Waals surface area contributed by atoms with Crippen LogP contribution in [-0.2, 0) is 0 Å². The Bertz CT molecular complexity index is 511. The van der Waals surface area contributed by atoms with Crippen molar-refractivity contribution in [2.75, 3.05) is 0 Å². The third kappa shape index (κ3) is 1.62. The summed E-state index contributed by atoms with van der Waals surface area (Å²) in [5.74, 6) is 0. The number of benzene rings is 1. The largest absolute Gasteiger partial charge is 0.251 e. The minimum Gasteiger partial charge on any atom is -0.251 e. The molecule has 0 fully saturated rings. The number of pyridine rings is 1. The van der Waals surface area contributed by atoms with Gasteiger partial charge in [-0.1, -0.05) is 23.2 Å². The van der Waals surface area contributed by atoms with Gasteiger partial charge in [-0.25, -0.2) is 0 Å². The zero-order valence-corrected chi connectivity index (χ0v) is 10.4. The SMILES string of the molecule is Cc1cc(Br)c2c(Cl)ccc(Cl)c2n1. The van der Waals surface area contributed by atoms with E-state index in [-0.39, 0.29) is 0 Å².